The fourth-order valence-electron chi connectivity index (χ4n) is 2.07. The molecule has 0 aliphatic rings. The molecular formula is C19H21BrN2O3. The van der Waals surface area contributed by atoms with Gasteiger partial charge in [-0.3, -0.25) is 9.59 Å². The highest BCUT2D eigenvalue weighted by Crippen LogP contribution is 2.20. The van der Waals surface area contributed by atoms with Gasteiger partial charge in [0.1, 0.15) is 5.75 Å². The molecule has 2 rings (SSSR count). The van der Waals surface area contributed by atoms with Gasteiger partial charge >= 0.3 is 0 Å². The van der Waals surface area contributed by atoms with Gasteiger partial charge in [0.15, 0.2) is 6.61 Å². The summed E-state index contributed by atoms with van der Waals surface area (Å²) in [6.45, 7) is 3.70. The average Bonchev–Trinajstić information content (AvgIpc) is 2.61. The molecule has 6 heteroatoms. The SMILES string of the molecule is CC(C)N(C)C(=O)c1ccccc1OCC(=O)Nc1ccc(Br)cc1. The lowest BCUT2D eigenvalue weighted by atomic mass is 10.1. The zero-order chi connectivity index (χ0) is 18.4. The third kappa shape index (κ3) is 5.32. The van der Waals surface area contributed by atoms with Crippen molar-refractivity contribution in [3.8, 4) is 5.75 Å². The van der Waals surface area contributed by atoms with E-state index in [-0.39, 0.29) is 24.5 Å². The Kier molecular flexibility index (Phi) is 6.58. The Morgan fingerprint density at radius 3 is 2.40 bits per heavy atom. The predicted octanol–water partition coefficient (Wildman–Crippen LogP) is 3.95. The molecule has 132 valence electrons. The van der Waals surface area contributed by atoms with Crippen molar-refractivity contribution in [1.82, 2.24) is 4.90 Å². The number of hydrogen-bond donors (Lipinski definition) is 1. The van der Waals surface area contributed by atoms with Crippen LogP contribution in [0, 0.1) is 0 Å². The predicted molar refractivity (Wildman–Crippen MR) is 102 cm³/mol. The van der Waals surface area contributed by atoms with Crippen molar-refractivity contribution in [2.24, 2.45) is 0 Å². The number of para-hydroxylation sites is 1. The van der Waals surface area contributed by atoms with Crippen molar-refractivity contribution in [3.63, 3.8) is 0 Å². The van der Waals surface area contributed by atoms with Crippen LogP contribution < -0.4 is 10.1 Å². The molecule has 0 saturated heterocycles. The van der Waals surface area contributed by atoms with Crippen LogP contribution in [0.5, 0.6) is 5.75 Å². The van der Waals surface area contributed by atoms with Gasteiger partial charge in [0, 0.05) is 23.2 Å². The minimum absolute atomic E-state index is 0.0706. The number of nitrogens with zero attached hydrogens (tertiary/aromatic N) is 1. The van der Waals surface area contributed by atoms with E-state index in [1.807, 2.05) is 26.0 Å². The Hall–Kier alpha value is -2.34. The summed E-state index contributed by atoms with van der Waals surface area (Å²) in [4.78, 5) is 26.2. The number of amides is 2. The van der Waals surface area contributed by atoms with Crippen molar-refractivity contribution < 1.29 is 14.3 Å². The van der Waals surface area contributed by atoms with Crippen molar-refractivity contribution in [1.29, 1.82) is 0 Å². The Morgan fingerprint density at radius 2 is 1.76 bits per heavy atom. The summed E-state index contributed by atoms with van der Waals surface area (Å²) in [7, 11) is 1.74. The highest BCUT2D eigenvalue weighted by molar-refractivity contribution is 9.10. The Morgan fingerprint density at radius 1 is 1.12 bits per heavy atom. The van der Waals surface area contributed by atoms with Crippen LogP contribution >= 0.6 is 15.9 Å². The number of rotatable bonds is 6. The molecule has 0 fully saturated rings. The van der Waals surface area contributed by atoms with Crippen LogP contribution in [-0.2, 0) is 4.79 Å². The molecule has 0 aliphatic carbocycles. The maximum atomic E-state index is 12.5. The van der Waals surface area contributed by atoms with E-state index < -0.39 is 0 Å². The summed E-state index contributed by atoms with van der Waals surface area (Å²) < 4.78 is 6.51. The molecule has 0 unspecified atom stereocenters. The molecule has 5 nitrogen and oxygen atoms in total. The zero-order valence-electron chi connectivity index (χ0n) is 14.5. The van der Waals surface area contributed by atoms with Gasteiger partial charge in [-0.1, -0.05) is 28.1 Å². The summed E-state index contributed by atoms with van der Waals surface area (Å²) in [6.07, 6.45) is 0. The van der Waals surface area contributed by atoms with Crippen molar-refractivity contribution in [2.75, 3.05) is 19.0 Å². The molecular weight excluding hydrogens is 384 g/mol. The van der Waals surface area contributed by atoms with Gasteiger partial charge in [-0.2, -0.15) is 0 Å². The molecule has 1 N–H and O–H groups in total. The molecule has 2 aromatic carbocycles. The van der Waals surface area contributed by atoms with Crippen LogP contribution in [-0.4, -0.2) is 36.4 Å². The van der Waals surface area contributed by atoms with Gasteiger partial charge < -0.3 is 15.0 Å². The number of hydrogen-bond acceptors (Lipinski definition) is 3. The monoisotopic (exact) mass is 404 g/mol. The lowest BCUT2D eigenvalue weighted by molar-refractivity contribution is -0.118. The fourth-order valence-corrected chi connectivity index (χ4v) is 2.33. The van der Waals surface area contributed by atoms with Crippen LogP contribution in [0.25, 0.3) is 0 Å². The summed E-state index contributed by atoms with van der Waals surface area (Å²) >= 11 is 3.34. The summed E-state index contributed by atoms with van der Waals surface area (Å²) in [6, 6.07) is 14.3. The summed E-state index contributed by atoms with van der Waals surface area (Å²) in [5.41, 5.74) is 1.12. The minimum atomic E-state index is -0.290. The van der Waals surface area contributed by atoms with E-state index in [2.05, 4.69) is 21.2 Å². The quantitative estimate of drug-likeness (QED) is 0.792. The first-order valence-electron chi connectivity index (χ1n) is 7.93. The van der Waals surface area contributed by atoms with Gasteiger partial charge in [-0.05, 0) is 50.2 Å². The van der Waals surface area contributed by atoms with Gasteiger partial charge in [0.2, 0.25) is 0 Å². The number of carbonyl (C=O) groups is 2. The van der Waals surface area contributed by atoms with E-state index in [0.717, 1.165) is 4.47 Å². The van der Waals surface area contributed by atoms with E-state index in [1.54, 1.807) is 48.3 Å². The van der Waals surface area contributed by atoms with Crippen molar-refractivity contribution in [2.45, 2.75) is 19.9 Å². The van der Waals surface area contributed by atoms with Crippen LogP contribution in [0.4, 0.5) is 5.69 Å². The highest BCUT2D eigenvalue weighted by Gasteiger charge is 2.18. The van der Waals surface area contributed by atoms with E-state index in [9.17, 15) is 9.59 Å². The number of nitrogens with one attached hydrogen (secondary N) is 1. The number of benzene rings is 2. The summed E-state index contributed by atoms with van der Waals surface area (Å²) in [5, 5.41) is 2.75. The lowest BCUT2D eigenvalue weighted by Gasteiger charge is -2.22. The topological polar surface area (TPSA) is 58.6 Å². The molecule has 0 radical (unpaired) electrons. The molecule has 0 aliphatic heterocycles. The van der Waals surface area contributed by atoms with E-state index in [1.165, 1.54) is 0 Å². The first kappa shape index (κ1) is 19.0. The first-order chi connectivity index (χ1) is 11.9. The van der Waals surface area contributed by atoms with Crippen molar-refractivity contribution >= 4 is 33.4 Å². The van der Waals surface area contributed by atoms with Gasteiger partial charge in [-0.25, -0.2) is 0 Å². The second kappa shape index (κ2) is 8.67. The average molecular weight is 405 g/mol. The highest BCUT2D eigenvalue weighted by atomic mass is 79.9. The number of halogens is 1. The Labute approximate surface area is 156 Å². The smallest absolute Gasteiger partial charge is 0.262 e. The molecule has 2 aromatic rings. The van der Waals surface area contributed by atoms with Crippen molar-refractivity contribution in [3.05, 3.63) is 58.6 Å². The fraction of sp³-hybridized carbons (Fsp3) is 0.263. The van der Waals surface area contributed by atoms with Gasteiger partial charge in [0.05, 0.1) is 5.56 Å². The summed E-state index contributed by atoms with van der Waals surface area (Å²) in [5.74, 6) is -0.0355. The zero-order valence-corrected chi connectivity index (χ0v) is 16.0. The Balaban J connectivity index is 2.02. The van der Waals surface area contributed by atoms with E-state index in [0.29, 0.717) is 17.0 Å². The number of anilines is 1. The molecule has 2 amide bonds. The van der Waals surface area contributed by atoms with Crippen LogP contribution in [0.3, 0.4) is 0 Å². The molecule has 0 aromatic heterocycles. The second-order valence-electron chi connectivity index (χ2n) is 5.85. The minimum Gasteiger partial charge on any atom is -0.483 e. The van der Waals surface area contributed by atoms with Crippen LogP contribution in [0.15, 0.2) is 53.0 Å². The Bertz CT molecular complexity index is 745. The normalized spacial score (nSPS) is 10.4. The molecule has 25 heavy (non-hydrogen) atoms. The molecule has 0 atom stereocenters. The largest absolute Gasteiger partial charge is 0.483 e. The molecule has 0 saturated carbocycles. The van der Waals surface area contributed by atoms with E-state index >= 15 is 0 Å². The van der Waals surface area contributed by atoms with Crippen LogP contribution in [0.2, 0.25) is 0 Å². The van der Waals surface area contributed by atoms with E-state index in [4.69, 9.17) is 4.74 Å². The molecule has 0 bridgehead atoms. The first-order valence-corrected chi connectivity index (χ1v) is 8.72. The molecule has 0 spiro atoms. The van der Waals surface area contributed by atoms with Gasteiger partial charge in [0.25, 0.3) is 11.8 Å². The second-order valence-corrected chi connectivity index (χ2v) is 6.77. The maximum absolute atomic E-state index is 12.5. The maximum Gasteiger partial charge on any atom is 0.262 e. The lowest BCUT2D eigenvalue weighted by Crippen LogP contribution is -2.33. The standard InChI is InChI=1S/C19H21BrN2O3/c1-13(2)22(3)19(24)16-6-4-5-7-17(16)25-12-18(23)21-15-10-8-14(20)9-11-15/h4-11,13H,12H2,1-3H3,(H,21,23). The number of carbonyl (C=O) groups excluding carboxylic acids is 2. The van der Waals surface area contributed by atoms with Crippen LogP contribution in [0.1, 0.15) is 24.2 Å². The third-order valence-electron chi connectivity index (χ3n) is 3.70. The number of ether oxygens (including phenoxy) is 1. The molecule has 0 heterocycles. The third-order valence-corrected chi connectivity index (χ3v) is 4.23. The van der Waals surface area contributed by atoms with Gasteiger partial charge in [-0.15, -0.1) is 0 Å².